The van der Waals surface area contributed by atoms with E-state index in [-0.39, 0.29) is 11.4 Å². The van der Waals surface area contributed by atoms with Crippen LogP contribution in [0.2, 0.25) is 0 Å². The van der Waals surface area contributed by atoms with Gasteiger partial charge < -0.3 is 20.1 Å². The number of hydrogen-bond donors (Lipinski definition) is 2. The first-order valence-corrected chi connectivity index (χ1v) is 7.91. The first kappa shape index (κ1) is 18.5. The highest BCUT2D eigenvalue weighted by atomic mass is 16.5. The van der Waals surface area contributed by atoms with Crippen molar-refractivity contribution in [1.82, 2.24) is 15.3 Å². The van der Waals surface area contributed by atoms with E-state index in [1.807, 2.05) is 39.0 Å². The number of anilines is 1. The van der Waals surface area contributed by atoms with E-state index in [0.29, 0.717) is 29.6 Å². The van der Waals surface area contributed by atoms with Gasteiger partial charge in [0.25, 0.3) is 5.91 Å². The molecule has 7 nitrogen and oxygen atoms in total. The first-order valence-electron chi connectivity index (χ1n) is 7.91. The van der Waals surface area contributed by atoms with Gasteiger partial charge >= 0.3 is 0 Å². The molecule has 7 heteroatoms. The zero-order valence-corrected chi connectivity index (χ0v) is 15.2. The number of methoxy groups -OCH3 is 2. The zero-order valence-electron chi connectivity index (χ0n) is 15.2. The molecule has 1 aromatic heterocycles. The van der Waals surface area contributed by atoms with Crippen LogP contribution < -0.4 is 20.1 Å². The van der Waals surface area contributed by atoms with Crippen molar-refractivity contribution in [3.05, 3.63) is 41.9 Å². The van der Waals surface area contributed by atoms with E-state index in [9.17, 15) is 4.79 Å². The van der Waals surface area contributed by atoms with Crippen LogP contribution >= 0.6 is 0 Å². The Hall–Kier alpha value is -2.83. The molecule has 1 amide bonds. The van der Waals surface area contributed by atoms with Crippen molar-refractivity contribution in [2.24, 2.45) is 0 Å². The van der Waals surface area contributed by atoms with Crippen LogP contribution in [0.3, 0.4) is 0 Å². The van der Waals surface area contributed by atoms with Gasteiger partial charge in [0.2, 0.25) is 0 Å². The molecule has 134 valence electrons. The molecule has 0 spiro atoms. The maximum Gasteiger partial charge on any atom is 0.270 e. The fourth-order valence-electron chi connectivity index (χ4n) is 2.17. The number of amides is 1. The first-order chi connectivity index (χ1) is 11.8. The van der Waals surface area contributed by atoms with E-state index in [0.717, 1.165) is 5.56 Å². The van der Waals surface area contributed by atoms with Crippen LogP contribution in [0.1, 0.15) is 36.8 Å². The van der Waals surface area contributed by atoms with E-state index in [1.54, 1.807) is 20.3 Å². The van der Waals surface area contributed by atoms with Crippen molar-refractivity contribution >= 4 is 11.7 Å². The smallest absolute Gasteiger partial charge is 0.270 e. The van der Waals surface area contributed by atoms with Gasteiger partial charge in [0.1, 0.15) is 17.8 Å². The standard InChI is InChI=1S/C18H24N4O3/c1-18(2,3)22-17(23)13-9-16(21-11-20-13)19-10-12-6-7-14(24-4)15(8-12)25-5/h6-9,11H,10H2,1-5H3,(H,22,23)(H,19,20,21). The highest BCUT2D eigenvalue weighted by Gasteiger charge is 2.16. The summed E-state index contributed by atoms with van der Waals surface area (Å²) in [7, 11) is 3.19. The Morgan fingerprint density at radius 2 is 1.80 bits per heavy atom. The summed E-state index contributed by atoms with van der Waals surface area (Å²) in [6.45, 7) is 6.28. The van der Waals surface area contributed by atoms with E-state index in [1.165, 1.54) is 6.33 Å². The van der Waals surface area contributed by atoms with Gasteiger partial charge in [0, 0.05) is 18.2 Å². The number of hydrogen-bond acceptors (Lipinski definition) is 6. The topological polar surface area (TPSA) is 85.4 Å². The van der Waals surface area contributed by atoms with Crippen molar-refractivity contribution in [3.63, 3.8) is 0 Å². The predicted molar refractivity (Wildman–Crippen MR) is 96.1 cm³/mol. The fourth-order valence-corrected chi connectivity index (χ4v) is 2.17. The third-order valence-corrected chi connectivity index (χ3v) is 3.31. The van der Waals surface area contributed by atoms with E-state index in [4.69, 9.17) is 9.47 Å². The van der Waals surface area contributed by atoms with Gasteiger partial charge in [0.05, 0.1) is 14.2 Å². The molecule has 0 fully saturated rings. The molecular weight excluding hydrogens is 320 g/mol. The van der Waals surface area contributed by atoms with Crippen LogP contribution in [0.5, 0.6) is 11.5 Å². The number of rotatable bonds is 6. The molecule has 2 aromatic rings. The highest BCUT2D eigenvalue weighted by Crippen LogP contribution is 2.27. The zero-order chi connectivity index (χ0) is 18.4. The quantitative estimate of drug-likeness (QED) is 0.838. The number of carbonyl (C=O) groups is 1. The molecule has 0 aliphatic rings. The van der Waals surface area contributed by atoms with Crippen molar-refractivity contribution < 1.29 is 14.3 Å². The van der Waals surface area contributed by atoms with Crippen LogP contribution in [0.4, 0.5) is 5.82 Å². The summed E-state index contributed by atoms with van der Waals surface area (Å²) in [6, 6.07) is 7.29. The largest absolute Gasteiger partial charge is 0.493 e. The van der Waals surface area contributed by atoms with E-state index in [2.05, 4.69) is 20.6 Å². The van der Waals surface area contributed by atoms with Gasteiger partial charge in [-0.05, 0) is 38.5 Å². The number of ether oxygens (including phenoxy) is 2. The average molecular weight is 344 g/mol. The number of benzene rings is 1. The van der Waals surface area contributed by atoms with Crippen molar-refractivity contribution in [3.8, 4) is 11.5 Å². The van der Waals surface area contributed by atoms with Gasteiger partial charge in [-0.15, -0.1) is 0 Å². The Morgan fingerprint density at radius 3 is 2.44 bits per heavy atom. The Morgan fingerprint density at radius 1 is 1.08 bits per heavy atom. The molecule has 0 saturated heterocycles. The monoisotopic (exact) mass is 344 g/mol. The molecule has 0 aliphatic heterocycles. The second-order valence-corrected chi connectivity index (χ2v) is 6.54. The van der Waals surface area contributed by atoms with Gasteiger partial charge in [0.15, 0.2) is 11.5 Å². The summed E-state index contributed by atoms with van der Waals surface area (Å²) in [5.41, 5.74) is 0.992. The van der Waals surface area contributed by atoms with Crippen LogP contribution in [0.25, 0.3) is 0 Å². The minimum absolute atomic E-state index is 0.232. The van der Waals surface area contributed by atoms with Crippen molar-refractivity contribution in [2.75, 3.05) is 19.5 Å². The maximum atomic E-state index is 12.2. The third-order valence-electron chi connectivity index (χ3n) is 3.31. The summed E-state index contributed by atoms with van der Waals surface area (Å²) in [6.07, 6.45) is 1.37. The number of aromatic nitrogens is 2. The van der Waals surface area contributed by atoms with Crippen molar-refractivity contribution in [2.45, 2.75) is 32.9 Å². The number of nitrogens with one attached hydrogen (secondary N) is 2. The van der Waals surface area contributed by atoms with Crippen molar-refractivity contribution in [1.29, 1.82) is 0 Å². The summed E-state index contributed by atoms with van der Waals surface area (Å²) in [4.78, 5) is 20.4. The predicted octanol–water partition coefficient (Wildman–Crippen LogP) is 2.63. The Kier molecular flexibility index (Phi) is 5.80. The number of nitrogens with zero attached hydrogens (tertiary/aromatic N) is 2. The minimum atomic E-state index is -0.324. The third kappa shape index (κ3) is 5.34. The lowest BCUT2D eigenvalue weighted by Gasteiger charge is -2.20. The highest BCUT2D eigenvalue weighted by molar-refractivity contribution is 5.93. The lowest BCUT2D eigenvalue weighted by atomic mass is 10.1. The molecule has 1 heterocycles. The Labute approximate surface area is 147 Å². The maximum absolute atomic E-state index is 12.2. The molecule has 0 unspecified atom stereocenters. The second-order valence-electron chi connectivity index (χ2n) is 6.54. The summed E-state index contributed by atoms with van der Waals surface area (Å²) in [5, 5.41) is 6.06. The SMILES string of the molecule is COc1ccc(CNc2cc(C(=O)NC(C)(C)C)ncn2)cc1OC. The molecule has 2 N–H and O–H groups in total. The second kappa shape index (κ2) is 7.83. The summed E-state index contributed by atoms with van der Waals surface area (Å²) < 4.78 is 10.5. The van der Waals surface area contributed by atoms with E-state index < -0.39 is 0 Å². The van der Waals surface area contributed by atoms with Gasteiger partial charge in [-0.3, -0.25) is 4.79 Å². The average Bonchev–Trinajstić information content (AvgIpc) is 2.58. The lowest BCUT2D eigenvalue weighted by molar-refractivity contribution is 0.0914. The molecule has 25 heavy (non-hydrogen) atoms. The molecule has 0 saturated carbocycles. The molecule has 0 radical (unpaired) electrons. The molecule has 1 aromatic carbocycles. The lowest BCUT2D eigenvalue weighted by Crippen LogP contribution is -2.40. The normalized spacial score (nSPS) is 10.9. The fraction of sp³-hybridized carbons (Fsp3) is 0.389. The van der Waals surface area contributed by atoms with Crippen LogP contribution in [-0.2, 0) is 6.54 Å². The van der Waals surface area contributed by atoms with Crippen LogP contribution in [0.15, 0.2) is 30.6 Å². The van der Waals surface area contributed by atoms with Gasteiger partial charge in [-0.1, -0.05) is 6.07 Å². The molecule has 2 rings (SSSR count). The Bertz CT molecular complexity index is 741. The summed E-state index contributed by atoms with van der Waals surface area (Å²) in [5.74, 6) is 1.68. The summed E-state index contributed by atoms with van der Waals surface area (Å²) >= 11 is 0. The minimum Gasteiger partial charge on any atom is -0.493 e. The van der Waals surface area contributed by atoms with Gasteiger partial charge in [-0.2, -0.15) is 0 Å². The van der Waals surface area contributed by atoms with E-state index >= 15 is 0 Å². The molecule has 0 atom stereocenters. The van der Waals surface area contributed by atoms with Crippen LogP contribution in [0, 0.1) is 0 Å². The van der Waals surface area contributed by atoms with Crippen LogP contribution in [-0.4, -0.2) is 35.6 Å². The molecule has 0 aliphatic carbocycles. The number of carbonyl (C=O) groups excluding carboxylic acids is 1. The van der Waals surface area contributed by atoms with Gasteiger partial charge in [-0.25, -0.2) is 9.97 Å². The molecule has 0 bridgehead atoms. The molecular formula is C18H24N4O3. The Balaban J connectivity index is 2.06.